The molecule has 0 aliphatic carbocycles. The van der Waals surface area contributed by atoms with E-state index in [1.54, 1.807) is 0 Å². The third kappa shape index (κ3) is 3.67. The Hall–Kier alpha value is -1.13. The van der Waals surface area contributed by atoms with Crippen molar-refractivity contribution in [3.8, 4) is 0 Å². The first kappa shape index (κ1) is 14.3. The fraction of sp³-hybridized carbons (Fsp3) is 0.667. The molecule has 106 valence electrons. The Balaban J connectivity index is 1.91. The molecular formula is C15H26N4. The Morgan fingerprint density at radius 3 is 2.63 bits per heavy atom. The van der Waals surface area contributed by atoms with Crippen LogP contribution in [-0.4, -0.2) is 48.6 Å². The minimum atomic E-state index is 0.651. The molecule has 0 bridgehead atoms. The van der Waals surface area contributed by atoms with Gasteiger partial charge in [-0.3, -0.25) is 4.90 Å². The van der Waals surface area contributed by atoms with E-state index >= 15 is 0 Å². The summed E-state index contributed by atoms with van der Waals surface area (Å²) in [4.78, 5) is 9.45. The molecule has 1 saturated heterocycles. The number of pyridine rings is 1. The average Bonchev–Trinajstić information content (AvgIpc) is 2.45. The van der Waals surface area contributed by atoms with Crippen LogP contribution < -0.4 is 10.6 Å². The summed E-state index contributed by atoms with van der Waals surface area (Å²) in [5, 5.41) is 0. The molecule has 1 aliphatic heterocycles. The molecule has 1 aromatic rings. The fourth-order valence-electron chi connectivity index (χ4n) is 2.85. The molecule has 1 fully saturated rings. The number of hydrogen-bond acceptors (Lipinski definition) is 4. The molecule has 2 N–H and O–H groups in total. The van der Waals surface area contributed by atoms with E-state index in [4.69, 9.17) is 5.73 Å². The highest BCUT2D eigenvalue weighted by Gasteiger charge is 2.22. The second-order valence-corrected chi connectivity index (χ2v) is 5.35. The maximum absolute atomic E-state index is 5.70. The lowest BCUT2D eigenvalue weighted by atomic mass is 10.1. The van der Waals surface area contributed by atoms with Crippen LogP contribution in [-0.2, 0) is 0 Å². The molecular weight excluding hydrogens is 236 g/mol. The van der Waals surface area contributed by atoms with Crippen molar-refractivity contribution in [1.29, 1.82) is 0 Å². The topological polar surface area (TPSA) is 45.4 Å². The lowest BCUT2D eigenvalue weighted by Gasteiger charge is -2.39. The Bertz CT molecular complexity index is 385. The van der Waals surface area contributed by atoms with E-state index < -0.39 is 0 Å². The Labute approximate surface area is 116 Å². The van der Waals surface area contributed by atoms with E-state index in [-0.39, 0.29) is 0 Å². The minimum absolute atomic E-state index is 0.651. The van der Waals surface area contributed by atoms with Gasteiger partial charge in [0.15, 0.2) is 0 Å². The highest BCUT2D eigenvalue weighted by atomic mass is 15.3. The van der Waals surface area contributed by atoms with Crippen LogP contribution in [0.2, 0.25) is 0 Å². The van der Waals surface area contributed by atoms with Gasteiger partial charge >= 0.3 is 0 Å². The number of rotatable bonds is 5. The summed E-state index contributed by atoms with van der Waals surface area (Å²) in [6, 6.07) is 4.87. The van der Waals surface area contributed by atoms with Crippen molar-refractivity contribution in [1.82, 2.24) is 9.88 Å². The van der Waals surface area contributed by atoms with Crippen molar-refractivity contribution < 1.29 is 0 Å². The number of aromatic nitrogens is 1. The summed E-state index contributed by atoms with van der Waals surface area (Å²) in [5.74, 6) is 1.12. The van der Waals surface area contributed by atoms with Crippen LogP contribution in [0.4, 0.5) is 5.82 Å². The minimum Gasteiger partial charge on any atom is -0.354 e. The summed E-state index contributed by atoms with van der Waals surface area (Å²) in [6.45, 7) is 9.54. The van der Waals surface area contributed by atoms with Gasteiger partial charge < -0.3 is 10.6 Å². The van der Waals surface area contributed by atoms with Gasteiger partial charge in [-0.25, -0.2) is 4.98 Å². The van der Waals surface area contributed by atoms with Gasteiger partial charge in [-0.1, -0.05) is 6.92 Å². The number of nitrogens with zero attached hydrogens (tertiary/aromatic N) is 3. The smallest absolute Gasteiger partial charge is 0.128 e. The monoisotopic (exact) mass is 262 g/mol. The summed E-state index contributed by atoms with van der Waals surface area (Å²) in [6.07, 6.45) is 4.21. The zero-order valence-corrected chi connectivity index (χ0v) is 12.2. The van der Waals surface area contributed by atoms with Gasteiger partial charge in [-0.15, -0.1) is 0 Å². The molecule has 1 aliphatic rings. The van der Waals surface area contributed by atoms with Crippen LogP contribution in [0.15, 0.2) is 18.3 Å². The van der Waals surface area contributed by atoms with Crippen molar-refractivity contribution in [2.75, 3.05) is 37.6 Å². The number of piperazine rings is 1. The molecule has 0 spiro atoms. The van der Waals surface area contributed by atoms with E-state index in [2.05, 4.69) is 34.7 Å². The van der Waals surface area contributed by atoms with Crippen LogP contribution in [0.5, 0.6) is 0 Å². The van der Waals surface area contributed by atoms with Gasteiger partial charge in [-0.2, -0.15) is 0 Å². The van der Waals surface area contributed by atoms with Crippen LogP contribution in [0.1, 0.15) is 25.3 Å². The van der Waals surface area contributed by atoms with E-state index in [1.807, 2.05) is 12.3 Å². The standard InChI is InChI=1S/C15H26N4/c1-3-14(4-6-16)18-8-10-19(11-9-18)15-12-13(2)5-7-17-15/h5,7,12,14H,3-4,6,8-11,16H2,1-2H3. The van der Waals surface area contributed by atoms with Crippen molar-refractivity contribution in [2.45, 2.75) is 32.7 Å². The number of hydrogen-bond donors (Lipinski definition) is 1. The van der Waals surface area contributed by atoms with Crippen LogP contribution >= 0.6 is 0 Å². The van der Waals surface area contributed by atoms with Crippen molar-refractivity contribution >= 4 is 5.82 Å². The predicted octanol–water partition coefficient (Wildman–Crippen LogP) is 1.64. The molecule has 0 saturated carbocycles. The molecule has 4 heteroatoms. The molecule has 0 aromatic carbocycles. The molecule has 2 rings (SSSR count). The van der Waals surface area contributed by atoms with Gasteiger partial charge in [0.2, 0.25) is 0 Å². The van der Waals surface area contributed by atoms with Crippen LogP contribution in [0.25, 0.3) is 0 Å². The van der Waals surface area contributed by atoms with Gasteiger partial charge in [-0.05, 0) is 44.0 Å². The van der Waals surface area contributed by atoms with Crippen molar-refractivity contribution in [3.05, 3.63) is 23.9 Å². The summed E-state index contributed by atoms with van der Waals surface area (Å²) in [7, 11) is 0. The SMILES string of the molecule is CCC(CCN)N1CCN(c2cc(C)ccn2)CC1. The Morgan fingerprint density at radius 1 is 1.32 bits per heavy atom. The number of anilines is 1. The van der Waals surface area contributed by atoms with Gasteiger partial charge in [0.05, 0.1) is 0 Å². The number of aryl methyl sites for hydroxylation is 1. The highest BCUT2D eigenvalue weighted by molar-refractivity contribution is 5.41. The third-order valence-corrected chi connectivity index (χ3v) is 4.03. The van der Waals surface area contributed by atoms with Crippen LogP contribution in [0, 0.1) is 6.92 Å². The van der Waals surface area contributed by atoms with Gasteiger partial charge in [0.1, 0.15) is 5.82 Å². The molecule has 0 amide bonds. The maximum atomic E-state index is 5.70. The maximum Gasteiger partial charge on any atom is 0.128 e. The van der Waals surface area contributed by atoms with E-state index in [0.29, 0.717) is 6.04 Å². The normalized spacial score (nSPS) is 18.6. The van der Waals surface area contributed by atoms with E-state index in [9.17, 15) is 0 Å². The van der Waals surface area contributed by atoms with Crippen molar-refractivity contribution in [2.24, 2.45) is 5.73 Å². The quantitative estimate of drug-likeness (QED) is 0.876. The summed E-state index contributed by atoms with van der Waals surface area (Å²) < 4.78 is 0. The zero-order chi connectivity index (χ0) is 13.7. The molecule has 19 heavy (non-hydrogen) atoms. The van der Waals surface area contributed by atoms with E-state index in [0.717, 1.165) is 45.0 Å². The highest BCUT2D eigenvalue weighted by Crippen LogP contribution is 2.17. The molecule has 1 unspecified atom stereocenters. The summed E-state index contributed by atoms with van der Waals surface area (Å²) in [5.41, 5.74) is 6.98. The Morgan fingerprint density at radius 2 is 2.05 bits per heavy atom. The second kappa shape index (κ2) is 6.87. The molecule has 1 aromatic heterocycles. The largest absolute Gasteiger partial charge is 0.354 e. The Kier molecular flexibility index (Phi) is 5.16. The van der Waals surface area contributed by atoms with Crippen molar-refractivity contribution in [3.63, 3.8) is 0 Å². The first-order valence-electron chi connectivity index (χ1n) is 7.36. The third-order valence-electron chi connectivity index (χ3n) is 4.03. The van der Waals surface area contributed by atoms with Gasteiger partial charge in [0, 0.05) is 38.4 Å². The number of nitrogens with two attached hydrogens (primary N) is 1. The van der Waals surface area contributed by atoms with Crippen LogP contribution in [0.3, 0.4) is 0 Å². The molecule has 1 atom stereocenters. The predicted molar refractivity (Wildman–Crippen MR) is 80.5 cm³/mol. The lowest BCUT2D eigenvalue weighted by molar-refractivity contribution is 0.173. The van der Waals surface area contributed by atoms with E-state index in [1.165, 1.54) is 12.0 Å². The molecule has 2 heterocycles. The second-order valence-electron chi connectivity index (χ2n) is 5.35. The molecule has 4 nitrogen and oxygen atoms in total. The summed E-state index contributed by atoms with van der Waals surface area (Å²) >= 11 is 0. The first-order valence-corrected chi connectivity index (χ1v) is 7.36. The van der Waals surface area contributed by atoms with Gasteiger partial charge in [0.25, 0.3) is 0 Å². The average molecular weight is 262 g/mol. The lowest BCUT2D eigenvalue weighted by Crippen LogP contribution is -2.50. The fourth-order valence-corrected chi connectivity index (χ4v) is 2.85. The molecule has 0 radical (unpaired) electrons. The zero-order valence-electron chi connectivity index (χ0n) is 12.2. The first-order chi connectivity index (χ1) is 9.24.